The maximum atomic E-state index is 12.9. The van der Waals surface area contributed by atoms with Crippen LogP contribution in [0, 0.1) is 0 Å². The minimum absolute atomic E-state index is 0.125. The van der Waals surface area contributed by atoms with Crippen LogP contribution in [-0.4, -0.2) is 81.6 Å². The Morgan fingerprint density at radius 3 is 2.34 bits per heavy atom. The Kier molecular flexibility index (Phi) is 8.44. The molecule has 0 spiro atoms. The van der Waals surface area contributed by atoms with Gasteiger partial charge in [0.05, 0.1) is 19.4 Å². The number of alkyl halides is 3. The van der Waals surface area contributed by atoms with Crippen LogP contribution in [0.2, 0.25) is 0 Å². The number of nitrogens with zero attached hydrogens (tertiary/aromatic N) is 4. The van der Waals surface area contributed by atoms with Crippen LogP contribution in [0.5, 0.6) is 0 Å². The summed E-state index contributed by atoms with van der Waals surface area (Å²) in [4.78, 5) is 24.1. The van der Waals surface area contributed by atoms with Crippen LogP contribution in [0.4, 0.5) is 13.2 Å². The number of fused-ring (bicyclic) bond motifs is 1. The van der Waals surface area contributed by atoms with Gasteiger partial charge in [-0.25, -0.2) is 9.48 Å². The van der Waals surface area contributed by atoms with Gasteiger partial charge in [0.25, 0.3) is 5.91 Å². The predicted octanol–water partition coefficient (Wildman–Crippen LogP) is 3.49. The SMILES string of the molecule is O=C(NCCN1CCOCC1)c1ccnn1-c1ccc2ccc(-c3ccccc3)cn12.O=C(O)C(F)(F)F. The zero-order chi connectivity index (χ0) is 27.1. The van der Waals surface area contributed by atoms with E-state index in [0.717, 1.165) is 55.3 Å². The summed E-state index contributed by atoms with van der Waals surface area (Å²) in [5.41, 5.74) is 3.82. The number of rotatable bonds is 6. The number of benzene rings is 1. The second-order valence-electron chi connectivity index (χ2n) is 8.41. The summed E-state index contributed by atoms with van der Waals surface area (Å²) in [5.74, 6) is -2.05. The third kappa shape index (κ3) is 6.58. The smallest absolute Gasteiger partial charge is 0.475 e. The number of hydrogen-bond acceptors (Lipinski definition) is 5. The zero-order valence-electron chi connectivity index (χ0n) is 20.3. The van der Waals surface area contributed by atoms with Gasteiger partial charge in [0, 0.05) is 37.9 Å². The van der Waals surface area contributed by atoms with E-state index in [1.807, 2.05) is 30.3 Å². The van der Waals surface area contributed by atoms with E-state index in [-0.39, 0.29) is 5.91 Å². The van der Waals surface area contributed by atoms with Crippen molar-refractivity contribution in [3.05, 3.63) is 78.8 Å². The molecule has 0 saturated carbocycles. The molecule has 2 N–H and O–H groups in total. The van der Waals surface area contributed by atoms with Crippen molar-refractivity contribution in [3.8, 4) is 16.9 Å². The molecule has 1 amide bonds. The third-order valence-electron chi connectivity index (χ3n) is 5.89. The molecule has 1 aliphatic heterocycles. The zero-order valence-corrected chi connectivity index (χ0v) is 20.3. The quantitative estimate of drug-likeness (QED) is 0.397. The molecule has 0 bridgehead atoms. The van der Waals surface area contributed by atoms with E-state index in [9.17, 15) is 18.0 Å². The number of morpholine rings is 1. The van der Waals surface area contributed by atoms with Gasteiger partial charge in [0.2, 0.25) is 0 Å². The number of carbonyl (C=O) groups excluding carboxylic acids is 1. The molecule has 1 saturated heterocycles. The number of nitrogens with one attached hydrogen (secondary N) is 1. The highest BCUT2D eigenvalue weighted by Crippen LogP contribution is 2.23. The first kappa shape index (κ1) is 26.9. The van der Waals surface area contributed by atoms with Crippen LogP contribution >= 0.6 is 0 Å². The number of carbonyl (C=O) groups is 2. The maximum absolute atomic E-state index is 12.9. The maximum Gasteiger partial charge on any atom is 0.490 e. The van der Waals surface area contributed by atoms with Gasteiger partial charge < -0.3 is 19.6 Å². The minimum Gasteiger partial charge on any atom is -0.475 e. The average Bonchev–Trinajstić information content (AvgIpc) is 3.56. The molecule has 0 unspecified atom stereocenters. The fraction of sp³-hybridized carbons (Fsp3) is 0.269. The Morgan fingerprint density at radius 1 is 0.974 bits per heavy atom. The second-order valence-corrected chi connectivity index (χ2v) is 8.41. The molecule has 38 heavy (non-hydrogen) atoms. The van der Waals surface area contributed by atoms with Crippen LogP contribution in [0.15, 0.2) is 73.1 Å². The van der Waals surface area contributed by atoms with Crippen molar-refractivity contribution in [3.63, 3.8) is 0 Å². The molecule has 9 nitrogen and oxygen atoms in total. The lowest BCUT2D eigenvalue weighted by Gasteiger charge is -2.26. The Bertz CT molecular complexity index is 1380. The normalized spacial score (nSPS) is 14.1. The van der Waals surface area contributed by atoms with Crippen LogP contribution < -0.4 is 5.32 Å². The number of hydrogen-bond donors (Lipinski definition) is 2. The molecule has 1 aliphatic rings. The number of pyridine rings is 1. The summed E-state index contributed by atoms with van der Waals surface area (Å²) in [7, 11) is 0. The lowest BCUT2D eigenvalue weighted by Crippen LogP contribution is -2.41. The fourth-order valence-electron chi connectivity index (χ4n) is 3.96. The van der Waals surface area contributed by atoms with Gasteiger partial charge in [-0.2, -0.15) is 18.3 Å². The lowest BCUT2D eigenvalue weighted by molar-refractivity contribution is -0.192. The Labute approximate surface area is 216 Å². The number of ether oxygens (including phenoxy) is 1. The lowest BCUT2D eigenvalue weighted by atomic mass is 10.1. The van der Waals surface area contributed by atoms with Crippen molar-refractivity contribution >= 4 is 17.4 Å². The molecular weight excluding hydrogens is 503 g/mol. The van der Waals surface area contributed by atoms with E-state index < -0.39 is 12.1 Å². The highest BCUT2D eigenvalue weighted by Gasteiger charge is 2.38. The monoisotopic (exact) mass is 529 g/mol. The molecular formula is C26H26F3N5O4. The predicted molar refractivity (Wildman–Crippen MR) is 133 cm³/mol. The summed E-state index contributed by atoms with van der Waals surface area (Å²) < 4.78 is 40.9. The van der Waals surface area contributed by atoms with Crippen molar-refractivity contribution in [2.75, 3.05) is 39.4 Å². The van der Waals surface area contributed by atoms with Gasteiger partial charge in [-0.05, 0) is 35.4 Å². The first-order valence-corrected chi connectivity index (χ1v) is 11.8. The topological polar surface area (TPSA) is 101 Å². The summed E-state index contributed by atoms with van der Waals surface area (Å²) in [6.45, 7) is 4.75. The first-order valence-electron chi connectivity index (χ1n) is 11.8. The summed E-state index contributed by atoms with van der Waals surface area (Å²) in [5, 5.41) is 14.6. The molecule has 0 aliphatic carbocycles. The van der Waals surface area contributed by atoms with Crippen LogP contribution in [0.25, 0.3) is 22.5 Å². The Morgan fingerprint density at radius 2 is 1.66 bits per heavy atom. The Hall–Kier alpha value is -4.16. The van der Waals surface area contributed by atoms with Crippen LogP contribution in [0.1, 0.15) is 10.5 Å². The molecule has 0 radical (unpaired) electrons. The number of aliphatic carboxylic acids is 1. The van der Waals surface area contributed by atoms with Crippen molar-refractivity contribution in [2.24, 2.45) is 0 Å². The summed E-state index contributed by atoms with van der Waals surface area (Å²) in [6.07, 6.45) is -1.33. The molecule has 1 fully saturated rings. The molecule has 0 atom stereocenters. The van der Waals surface area contributed by atoms with Crippen molar-refractivity contribution < 1.29 is 32.6 Å². The standard InChI is InChI=1S/C24H25N5O2.C2HF3O2/c30-24(25-12-13-27-14-16-31-17-15-27)22-10-11-26-29(22)23-9-8-21-7-6-20(18-28(21)23)19-4-2-1-3-5-19;3-2(4,5)1(6)7/h1-11,18H,12-17H2,(H,25,30);(H,6,7). The van der Waals surface area contributed by atoms with E-state index in [1.165, 1.54) is 0 Å². The number of halogens is 3. The van der Waals surface area contributed by atoms with Crippen molar-refractivity contribution in [1.82, 2.24) is 24.4 Å². The van der Waals surface area contributed by atoms with Crippen molar-refractivity contribution in [2.45, 2.75) is 6.18 Å². The molecule has 4 aromatic rings. The molecule has 12 heteroatoms. The molecule has 5 rings (SSSR count). The van der Waals surface area contributed by atoms with Gasteiger partial charge in [-0.15, -0.1) is 0 Å². The van der Waals surface area contributed by atoms with Gasteiger partial charge in [-0.1, -0.05) is 36.4 Å². The number of carboxylic acid groups (broad SMARTS) is 1. The third-order valence-corrected chi connectivity index (χ3v) is 5.89. The molecule has 1 aromatic carbocycles. The molecule has 3 aromatic heterocycles. The van der Waals surface area contributed by atoms with E-state index in [0.29, 0.717) is 12.2 Å². The number of aromatic nitrogens is 3. The van der Waals surface area contributed by atoms with Gasteiger partial charge >= 0.3 is 12.1 Å². The first-order chi connectivity index (χ1) is 18.2. The average molecular weight is 530 g/mol. The Balaban J connectivity index is 0.000000426. The van der Waals surface area contributed by atoms with Crippen LogP contribution in [0.3, 0.4) is 0 Å². The highest BCUT2D eigenvalue weighted by atomic mass is 19.4. The van der Waals surface area contributed by atoms with E-state index in [4.69, 9.17) is 14.6 Å². The second kappa shape index (κ2) is 11.9. The van der Waals surface area contributed by atoms with Crippen LogP contribution in [-0.2, 0) is 9.53 Å². The van der Waals surface area contributed by atoms with Gasteiger partial charge in [0.1, 0.15) is 11.5 Å². The molecule has 200 valence electrons. The van der Waals surface area contributed by atoms with E-state index in [2.05, 4.69) is 50.2 Å². The van der Waals surface area contributed by atoms with E-state index >= 15 is 0 Å². The highest BCUT2D eigenvalue weighted by molar-refractivity contribution is 5.93. The fourth-order valence-corrected chi connectivity index (χ4v) is 3.96. The van der Waals surface area contributed by atoms with Gasteiger partial charge in [-0.3, -0.25) is 9.69 Å². The van der Waals surface area contributed by atoms with E-state index in [1.54, 1.807) is 16.9 Å². The number of carboxylic acids is 1. The van der Waals surface area contributed by atoms with Gasteiger partial charge in [0.15, 0.2) is 0 Å². The molecule has 4 heterocycles. The van der Waals surface area contributed by atoms with Crippen molar-refractivity contribution in [1.29, 1.82) is 0 Å². The minimum atomic E-state index is -5.08. The summed E-state index contributed by atoms with van der Waals surface area (Å²) >= 11 is 0. The number of amides is 1. The summed E-state index contributed by atoms with van der Waals surface area (Å²) in [6, 6.07) is 20.2. The largest absolute Gasteiger partial charge is 0.490 e.